The number of benzene rings is 1. The normalized spacial score (nSPS) is 21.6. The Morgan fingerprint density at radius 3 is 2.73 bits per heavy atom. The fourth-order valence-corrected chi connectivity index (χ4v) is 3.91. The summed E-state index contributed by atoms with van der Waals surface area (Å²) in [5, 5.41) is 1.93. The van der Waals surface area contributed by atoms with Gasteiger partial charge in [-0.3, -0.25) is 4.79 Å². The predicted molar refractivity (Wildman–Crippen MR) is 94.4 cm³/mol. The number of thioether (sulfide) groups is 1. The molecule has 0 radical (unpaired) electrons. The van der Waals surface area contributed by atoms with Gasteiger partial charge in [-0.25, -0.2) is 0 Å². The van der Waals surface area contributed by atoms with E-state index in [4.69, 9.17) is 23.2 Å². The van der Waals surface area contributed by atoms with Gasteiger partial charge in [0.2, 0.25) is 0 Å². The quantitative estimate of drug-likeness (QED) is 0.685. The van der Waals surface area contributed by atoms with E-state index in [2.05, 4.69) is 16.8 Å². The van der Waals surface area contributed by atoms with Crippen molar-refractivity contribution in [3.8, 4) is 0 Å². The maximum Gasteiger partial charge on any atom is 0.286 e. The van der Waals surface area contributed by atoms with E-state index in [1.165, 1.54) is 11.8 Å². The first-order valence-electron chi connectivity index (χ1n) is 7.25. The molecule has 0 aliphatic carbocycles. The smallest absolute Gasteiger partial charge is 0.286 e. The van der Waals surface area contributed by atoms with Crippen LogP contribution in [0.25, 0.3) is 6.08 Å². The Labute approximate surface area is 144 Å². The number of likely N-dealkylation sites (tertiary alicyclic amines) is 1. The molecule has 3 nitrogen and oxygen atoms in total. The van der Waals surface area contributed by atoms with Crippen LogP contribution in [0.3, 0.4) is 0 Å². The number of aliphatic imine (C=N–C) groups is 1. The van der Waals surface area contributed by atoms with Gasteiger partial charge in [-0.05, 0) is 54.3 Å². The average Bonchev–Trinajstić information content (AvgIpc) is 2.84. The molecule has 116 valence electrons. The molecule has 1 amide bonds. The zero-order valence-electron chi connectivity index (χ0n) is 12.2. The van der Waals surface area contributed by atoms with E-state index in [1.54, 1.807) is 18.2 Å². The number of carbonyl (C=O) groups excluding carboxylic acids is 1. The Morgan fingerprint density at radius 1 is 1.32 bits per heavy atom. The molecule has 1 fully saturated rings. The second kappa shape index (κ2) is 6.65. The maximum absolute atomic E-state index is 12.1. The molecule has 1 aromatic rings. The van der Waals surface area contributed by atoms with Crippen LogP contribution in [0.5, 0.6) is 0 Å². The number of piperidine rings is 1. The fourth-order valence-electron chi connectivity index (χ4n) is 2.49. The van der Waals surface area contributed by atoms with E-state index in [-0.39, 0.29) is 5.91 Å². The van der Waals surface area contributed by atoms with Crippen LogP contribution in [0, 0.1) is 5.92 Å². The first-order valence-corrected chi connectivity index (χ1v) is 8.83. The maximum atomic E-state index is 12.1. The first kappa shape index (κ1) is 15.9. The Bertz CT molecular complexity index is 664. The molecule has 1 aromatic carbocycles. The summed E-state index contributed by atoms with van der Waals surface area (Å²) in [6.45, 7) is 4.20. The molecule has 2 aliphatic rings. The monoisotopic (exact) mass is 354 g/mol. The van der Waals surface area contributed by atoms with E-state index in [0.29, 0.717) is 15.0 Å². The summed E-state index contributed by atoms with van der Waals surface area (Å²) in [5.41, 5.74) is 0.783. The zero-order valence-corrected chi connectivity index (χ0v) is 14.5. The predicted octanol–water partition coefficient (Wildman–Crippen LogP) is 4.70. The number of hydrogen-bond donors (Lipinski definition) is 0. The molecule has 2 aliphatic heterocycles. The second-order valence-electron chi connectivity index (χ2n) is 5.65. The number of carbonyl (C=O) groups is 1. The molecular weight excluding hydrogens is 339 g/mol. The minimum atomic E-state index is -0.190. The molecule has 22 heavy (non-hydrogen) atoms. The Balaban J connectivity index is 1.75. The highest BCUT2D eigenvalue weighted by Crippen LogP contribution is 2.33. The third kappa shape index (κ3) is 3.50. The van der Waals surface area contributed by atoms with Crippen molar-refractivity contribution >= 4 is 52.1 Å². The minimum absolute atomic E-state index is 0.190. The fraction of sp³-hybridized carbons (Fsp3) is 0.375. The molecule has 0 unspecified atom stereocenters. The summed E-state index contributed by atoms with van der Waals surface area (Å²) < 4.78 is 0. The van der Waals surface area contributed by atoms with Crippen molar-refractivity contribution in [2.75, 3.05) is 13.1 Å². The van der Waals surface area contributed by atoms with Crippen molar-refractivity contribution < 1.29 is 4.79 Å². The van der Waals surface area contributed by atoms with Crippen molar-refractivity contribution in [1.82, 2.24) is 4.90 Å². The number of halogens is 2. The first-order chi connectivity index (χ1) is 10.5. The minimum Gasteiger partial charge on any atom is -0.351 e. The summed E-state index contributed by atoms with van der Waals surface area (Å²) >= 11 is 13.5. The van der Waals surface area contributed by atoms with E-state index in [1.807, 2.05) is 6.07 Å². The van der Waals surface area contributed by atoms with Crippen LogP contribution < -0.4 is 0 Å². The number of amidine groups is 1. The van der Waals surface area contributed by atoms with Gasteiger partial charge in [-0.1, -0.05) is 36.2 Å². The van der Waals surface area contributed by atoms with Crippen LogP contribution in [-0.2, 0) is 4.79 Å². The lowest BCUT2D eigenvalue weighted by Gasteiger charge is -2.30. The van der Waals surface area contributed by atoms with Gasteiger partial charge in [0.1, 0.15) is 0 Å². The van der Waals surface area contributed by atoms with Gasteiger partial charge in [-0.15, -0.1) is 0 Å². The molecule has 6 heteroatoms. The number of amides is 1. The van der Waals surface area contributed by atoms with Crippen molar-refractivity contribution in [2.24, 2.45) is 10.9 Å². The van der Waals surface area contributed by atoms with Crippen molar-refractivity contribution in [3.05, 3.63) is 38.7 Å². The molecule has 2 heterocycles. The third-order valence-corrected chi connectivity index (χ3v) is 5.52. The average molecular weight is 355 g/mol. The van der Waals surface area contributed by atoms with Crippen molar-refractivity contribution in [2.45, 2.75) is 19.8 Å². The zero-order chi connectivity index (χ0) is 15.7. The van der Waals surface area contributed by atoms with Crippen LogP contribution in [0.1, 0.15) is 25.3 Å². The summed E-state index contributed by atoms with van der Waals surface area (Å²) in [4.78, 5) is 19.1. The lowest BCUT2D eigenvalue weighted by molar-refractivity contribution is -0.113. The number of nitrogens with zero attached hydrogens (tertiary/aromatic N) is 2. The van der Waals surface area contributed by atoms with E-state index < -0.39 is 0 Å². The summed E-state index contributed by atoms with van der Waals surface area (Å²) in [7, 11) is 0. The van der Waals surface area contributed by atoms with Gasteiger partial charge in [0, 0.05) is 23.1 Å². The molecule has 0 saturated carbocycles. The van der Waals surface area contributed by atoms with E-state index in [9.17, 15) is 4.79 Å². The SMILES string of the molecule is CC1CCN(C2=NC(=O)/C(=C/c3ccc(Cl)cc3Cl)S2)CC1. The second-order valence-corrected chi connectivity index (χ2v) is 7.50. The van der Waals surface area contributed by atoms with Crippen LogP contribution in [-0.4, -0.2) is 29.1 Å². The summed E-state index contributed by atoms with van der Waals surface area (Å²) in [5.74, 6) is 0.562. The van der Waals surface area contributed by atoms with Crippen molar-refractivity contribution in [1.29, 1.82) is 0 Å². The van der Waals surface area contributed by atoms with E-state index in [0.717, 1.165) is 42.6 Å². The summed E-state index contributed by atoms with van der Waals surface area (Å²) in [6, 6.07) is 5.25. The Hall–Kier alpha value is -0.970. The van der Waals surface area contributed by atoms with Gasteiger partial charge in [0.25, 0.3) is 5.91 Å². The molecule has 1 saturated heterocycles. The lowest BCUT2D eigenvalue weighted by atomic mass is 10.00. The van der Waals surface area contributed by atoms with Crippen LogP contribution in [0.15, 0.2) is 28.1 Å². The molecule has 0 bridgehead atoms. The van der Waals surface area contributed by atoms with Gasteiger partial charge >= 0.3 is 0 Å². The highest BCUT2D eigenvalue weighted by Gasteiger charge is 2.28. The van der Waals surface area contributed by atoms with Crippen LogP contribution in [0.2, 0.25) is 10.0 Å². The summed E-state index contributed by atoms with van der Waals surface area (Å²) in [6.07, 6.45) is 4.08. The van der Waals surface area contributed by atoms with Gasteiger partial charge in [0.15, 0.2) is 5.17 Å². The van der Waals surface area contributed by atoms with E-state index >= 15 is 0 Å². The Morgan fingerprint density at radius 2 is 2.05 bits per heavy atom. The molecule has 0 aromatic heterocycles. The third-order valence-electron chi connectivity index (χ3n) is 3.91. The van der Waals surface area contributed by atoms with Gasteiger partial charge in [0.05, 0.1) is 4.91 Å². The lowest BCUT2D eigenvalue weighted by Crippen LogP contribution is -2.35. The highest BCUT2D eigenvalue weighted by atomic mass is 35.5. The molecule has 0 atom stereocenters. The molecule has 3 rings (SSSR count). The highest BCUT2D eigenvalue weighted by molar-refractivity contribution is 8.18. The molecule has 0 N–H and O–H groups in total. The standard InChI is InChI=1S/C16H16Cl2N2OS/c1-10-4-6-20(7-5-10)16-19-15(21)14(22-16)8-11-2-3-12(17)9-13(11)18/h2-3,8-10H,4-7H2,1H3/b14-8-. The van der Waals surface area contributed by atoms with Gasteiger partial charge < -0.3 is 4.90 Å². The molecular formula is C16H16Cl2N2OS. The Kier molecular flexibility index (Phi) is 4.81. The number of rotatable bonds is 1. The van der Waals surface area contributed by atoms with Crippen LogP contribution in [0.4, 0.5) is 0 Å². The van der Waals surface area contributed by atoms with Gasteiger partial charge in [-0.2, -0.15) is 4.99 Å². The largest absolute Gasteiger partial charge is 0.351 e. The van der Waals surface area contributed by atoms with Crippen molar-refractivity contribution in [3.63, 3.8) is 0 Å². The topological polar surface area (TPSA) is 32.7 Å². The molecule has 0 spiro atoms. The van der Waals surface area contributed by atoms with Crippen LogP contribution >= 0.6 is 35.0 Å². The number of hydrogen-bond acceptors (Lipinski definition) is 3.